The Morgan fingerprint density at radius 1 is 1.16 bits per heavy atom. The standard InChI is InChI=1S/C16H21N3/c1-12-6-8-13(9-7-12)10-17-16-11-18-19-15-5-3-2-4-14(15)16/h2-5,11-13H,6-10H2,1H3,(H,17,19). The van der Waals surface area contributed by atoms with E-state index in [1.54, 1.807) is 0 Å². The van der Waals surface area contributed by atoms with Gasteiger partial charge in [-0.3, -0.25) is 0 Å². The van der Waals surface area contributed by atoms with Crippen LogP contribution in [0.25, 0.3) is 10.9 Å². The normalized spacial score (nSPS) is 23.4. The number of hydrogen-bond acceptors (Lipinski definition) is 3. The Bertz CT molecular complexity index is 539. The first-order chi connectivity index (χ1) is 9.33. The summed E-state index contributed by atoms with van der Waals surface area (Å²) < 4.78 is 0. The second-order valence-corrected chi connectivity index (χ2v) is 5.78. The van der Waals surface area contributed by atoms with Crippen LogP contribution in [-0.4, -0.2) is 16.7 Å². The molecule has 1 aromatic carbocycles. The van der Waals surface area contributed by atoms with Crippen LogP contribution >= 0.6 is 0 Å². The van der Waals surface area contributed by atoms with Crippen molar-refractivity contribution in [1.29, 1.82) is 0 Å². The molecule has 0 bridgehead atoms. The molecular weight excluding hydrogens is 234 g/mol. The Balaban J connectivity index is 1.68. The molecule has 100 valence electrons. The molecule has 0 saturated heterocycles. The van der Waals surface area contributed by atoms with Gasteiger partial charge in [0, 0.05) is 11.9 Å². The van der Waals surface area contributed by atoms with Crippen molar-refractivity contribution in [3.63, 3.8) is 0 Å². The summed E-state index contributed by atoms with van der Waals surface area (Å²) in [6.07, 6.45) is 7.30. The molecule has 3 nitrogen and oxygen atoms in total. The van der Waals surface area contributed by atoms with Gasteiger partial charge in [0.25, 0.3) is 0 Å². The van der Waals surface area contributed by atoms with Crippen molar-refractivity contribution in [1.82, 2.24) is 10.2 Å². The highest BCUT2D eigenvalue weighted by Gasteiger charge is 2.18. The highest BCUT2D eigenvalue weighted by molar-refractivity contribution is 5.90. The second kappa shape index (κ2) is 5.55. The van der Waals surface area contributed by atoms with Crippen molar-refractivity contribution >= 4 is 16.6 Å². The zero-order valence-corrected chi connectivity index (χ0v) is 11.5. The van der Waals surface area contributed by atoms with Crippen LogP contribution in [0.2, 0.25) is 0 Å². The maximum Gasteiger partial charge on any atom is 0.0950 e. The summed E-state index contributed by atoms with van der Waals surface area (Å²) in [5, 5.41) is 13.0. The lowest BCUT2D eigenvalue weighted by Crippen LogP contribution is -2.20. The molecule has 1 aliphatic carbocycles. The number of hydrogen-bond donors (Lipinski definition) is 1. The van der Waals surface area contributed by atoms with Gasteiger partial charge in [0.05, 0.1) is 17.4 Å². The largest absolute Gasteiger partial charge is 0.383 e. The van der Waals surface area contributed by atoms with Gasteiger partial charge in [0.15, 0.2) is 0 Å². The minimum Gasteiger partial charge on any atom is -0.383 e. The summed E-state index contributed by atoms with van der Waals surface area (Å²) >= 11 is 0. The maximum atomic E-state index is 4.16. The first kappa shape index (κ1) is 12.4. The smallest absolute Gasteiger partial charge is 0.0950 e. The van der Waals surface area contributed by atoms with Crippen LogP contribution in [0.3, 0.4) is 0 Å². The molecule has 1 aliphatic rings. The lowest BCUT2D eigenvalue weighted by molar-refractivity contribution is 0.300. The SMILES string of the molecule is CC1CCC(CNc2cnnc3ccccc23)CC1. The van der Waals surface area contributed by atoms with Crippen LogP contribution in [0.5, 0.6) is 0 Å². The first-order valence-corrected chi connectivity index (χ1v) is 7.27. The zero-order chi connectivity index (χ0) is 13.1. The van der Waals surface area contributed by atoms with Gasteiger partial charge >= 0.3 is 0 Å². The molecule has 2 aromatic rings. The predicted molar refractivity (Wildman–Crippen MR) is 79.1 cm³/mol. The molecule has 0 amide bonds. The number of aromatic nitrogens is 2. The fourth-order valence-corrected chi connectivity index (χ4v) is 2.94. The van der Waals surface area contributed by atoms with Gasteiger partial charge in [-0.15, -0.1) is 0 Å². The van der Waals surface area contributed by atoms with Crippen LogP contribution in [0.15, 0.2) is 30.5 Å². The van der Waals surface area contributed by atoms with E-state index in [4.69, 9.17) is 0 Å². The van der Waals surface area contributed by atoms with Gasteiger partial charge in [0.1, 0.15) is 0 Å². The Labute approximate surface area is 114 Å². The maximum absolute atomic E-state index is 4.16. The lowest BCUT2D eigenvalue weighted by Gasteiger charge is -2.26. The fourth-order valence-electron chi connectivity index (χ4n) is 2.94. The molecule has 0 unspecified atom stereocenters. The van der Waals surface area contributed by atoms with E-state index >= 15 is 0 Å². The van der Waals surface area contributed by atoms with Gasteiger partial charge in [-0.2, -0.15) is 10.2 Å². The summed E-state index contributed by atoms with van der Waals surface area (Å²) in [6, 6.07) is 8.17. The first-order valence-electron chi connectivity index (χ1n) is 7.27. The van der Waals surface area contributed by atoms with E-state index in [0.717, 1.165) is 29.6 Å². The predicted octanol–water partition coefficient (Wildman–Crippen LogP) is 3.87. The highest BCUT2D eigenvalue weighted by Crippen LogP contribution is 2.29. The number of fused-ring (bicyclic) bond motifs is 1. The second-order valence-electron chi connectivity index (χ2n) is 5.78. The van der Waals surface area contributed by atoms with Gasteiger partial charge < -0.3 is 5.32 Å². The van der Waals surface area contributed by atoms with Crippen molar-refractivity contribution in [2.24, 2.45) is 11.8 Å². The monoisotopic (exact) mass is 255 g/mol. The summed E-state index contributed by atoms with van der Waals surface area (Å²) in [5.41, 5.74) is 2.08. The van der Waals surface area contributed by atoms with Crippen molar-refractivity contribution in [2.75, 3.05) is 11.9 Å². The third kappa shape index (κ3) is 2.86. The Hall–Kier alpha value is -1.64. The molecule has 1 heterocycles. The number of nitrogens with one attached hydrogen (secondary N) is 1. The van der Waals surface area contributed by atoms with Gasteiger partial charge in [-0.25, -0.2) is 0 Å². The molecule has 3 rings (SSSR count). The van der Waals surface area contributed by atoms with E-state index in [9.17, 15) is 0 Å². The van der Waals surface area contributed by atoms with Crippen molar-refractivity contribution < 1.29 is 0 Å². The van der Waals surface area contributed by atoms with E-state index in [0.29, 0.717) is 0 Å². The molecule has 3 heteroatoms. The highest BCUT2D eigenvalue weighted by atomic mass is 15.1. The third-order valence-electron chi connectivity index (χ3n) is 4.26. The minimum absolute atomic E-state index is 0.808. The number of nitrogens with zero attached hydrogens (tertiary/aromatic N) is 2. The van der Waals surface area contributed by atoms with Crippen molar-refractivity contribution in [3.8, 4) is 0 Å². The van der Waals surface area contributed by atoms with E-state index in [2.05, 4.69) is 34.6 Å². The topological polar surface area (TPSA) is 37.8 Å². The molecule has 1 N–H and O–H groups in total. The van der Waals surface area contributed by atoms with E-state index in [1.807, 2.05) is 18.3 Å². The van der Waals surface area contributed by atoms with Gasteiger partial charge in [-0.1, -0.05) is 38.0 Å². The number of rotatable bonds is 3. The molecular formula is C16H21N3. The van der Waals surface area contributed by atoms with Gasteiger partial charge in [-0.05, 0) is 30.7 Å². The summed E-state index contributed by atoms with van der Waals surface area (Å²) in [7, 11) is 0. The number of benzene rings is 1. The van der Waals surface area contributed by atoms with Crippen molar-refractivity contribution in [3.05, 3.63) is 30.5 Å². The Kier molecular flexibility index (Phi) is 3.62. The molecule has 1 fully saturated rings. The van der Waals surface area contributed by atoms with Crippen LogP contribution < -0.4 is 5.32 Å². The molecule has 0 radical (unpaired) electrons. The average molecular weight is 255 g/mol. The van der Waals surface area contributed by atoms with Crippen LogP contribution in [-0.2, 0) is 0 Å². The van der Waals surface area contributed by atoms with Crippen LogP contribution in [0.4, 0.5) is 5.69 Å². The van der Waals surface area contributed by atoms with E-state index in [1.165, 1.54) is 31.1 Å². The third-order valence-corrected chi connectivity index (χ3v) is 4.26. The van der Waals surface area contributed by atoms with Crippen LogP contribution in [0.1, 0.15) is 32.6 Å². The number of anilines is 1. The fraction of sp³-hybridized carbons (Fsp3) is 0.500. The van der Waals surface area contributed by atoms with E-state index in [-0.39, 0.29) is 0 Å². The molecule has 1 saturated carbocycles. The zero-order valence-electron chi connectivity index (χ0n) is 11.5. The summed E-state index contributed by atoms with van der Waals surface area (Å²) in [5.74, 6) is 1.72. The Morgan fingerprint density at radius 3 is 2.79 bits per heavy atom. The lowest BCUT2D eigenvalue weighted by atomic mass is 9.83. The molecule has 0 aliphatic heterocycles. The average Bonchev–Trinajstić information content (AvgIpc) is 2.47. The quantitative estimate of drug-likeness (QED) is 0.904. The molecule has 0 spiro atoms. The molecule has 0 atom stereocenters. The van der Waals surface area contributed by atoms with Crippen LogP contribution in [0, 0.1) is 11.8 Å². The Morgan fingerprint density at radius 2 is 1.95 bits per heavy atom. The molecule has 19 heavy (non-hydrogen) atoms. The van der Waals surface area contributed by atoms with E-state index < -0.39 is 0 Å². The molecule has 1 aromatic heterocycles. The summed E-state index contributed by atoms with van der Waals surface area (Å²) in [6.45, 7) is 3.42. The van der Waals surface area contributed by atoms with Gasteiger partial charge in [0.2, 0.25) is 0 Å². The summed E-state index contributed by atoms with van der Waals surface area (Å²) in [4.78, 5) is 0. The van der Waals surface area contributed by atoms with Crippen molar-refractivity contribution in [2.45, 2.75) is 32.6 Å². The minimum atomic E-state index is 0.808.